The Hall–Kier alpha value is -2.13. The minimum Gasteiger partial charge on any atom is -0.491 e. The van der Waals surface area contributed by atoms with E-state index in [0.717, 1.165) is 12.1 Å². The maximum absolute atomic E-state index is 10.9. The molecular weight excluding hydrogens is 280 g/mol. The molecule has 0 radical (unpaired) electrons. The predicted molar refractivity (Wildman–Crippen MR) is 62.3 cm³/mol. The second-order valence-corrected chi connectivity index (χ2v) is 5.00. The Balaban J connectivity index is 3.08. The SMILES string of the molecule is O=C(O)c1cccc(C(=O)O)c1OCCS(=O)(=O)O. The summed E-state index contributed by atoms with van der Waals surface area (Å²) >= 11 is 0. The highest BCUT2D eigenvalue weighted by molar-refractivity contribution is 7.85. The van der Waals surface area contributed by atoms with Gasteiger partial charge in [0.25, 0.3) is 10.1 Å². The van der Waals surface area contributed by atoms with Crippen LogP contribution in [0.4, 0.5) is 0 Å². The molecule has 19 heavy (non-hydrogen) atoms. The highest BCUT2D eigenvalue weighted by Gasteiger charge is 2.20. The van der Waals surface area contributed by atoms with E-state index in [1.54, 1.807) is 0 Å². The fraction of sp³-hybridized carbons (Fsp3) is 0.200. The molecule has 0 saturated heterocycles. The van der Waals surface area contributed by atoms with Crippen molar-refractivity contribution in [2.24, 2.45) is 0 Å². The van der Waals surface area contributed by atoms with Gasteiger partial charge in [0.05, 0.1) is 0 Å². The van der Waals surface area contributed by atoms with Gasteiger partial charge >= 0.3 is 11.9 Å². The molecule has 3 N–H and O–H groups in total. The van der Waals surface area contributed by atoms with E-state index >= 15 is 0 Å². The van der Waals surface area contributed by atoms with E-state index in [1.165, 1.54) is 6.07 Å². The molecule has 0 unspecified atom stereocenters. The summed E-state index contributed by atoms with van der Waals surface area (Å²) in [6, 6.07) is 3.47. The third-order valence-corrected chi connectivity index (χ3v) is 2.75. The van der Waals surface area contributed by atoms with E-state index < -0.39 is 51.3 Å². The van der Waals surface area contributed by atoms with Crippen LogP contribution in [0.2, 0.25) is 0 Å². The van der Waals surface area contributed by atoms with E-state index in [0.29, 0.717) is 0 Å². The Morgan fingerprint density at radius 3 is 1.95 bits per heavy atom. The fourth-order valence-electron chi connectivity index (χ4n) is 1.28. The number of aromatic carboxylic acids is 2. The van der Waals surface area contributed by atoms with Gasteiger partial charge < -0.3 is 14.9 Å². The van der Waals surface area contributed by atoms with Gasteiger partial charge in [-0.25, -0.2) is 9.59 Å². The third kappa shape index (κ3) is 4.23. The fourth-order valence-corrected chi connectivity index (χ4v) is 1.57. The number of hydrogen-bond donors (Lipinski definition) is 3. The lowest BCUT2D eigenvalue weighted by Gasteiger charge is -2.11. The molecule has 0 spiro atoms. The highest BCUT2D eigenvalue weighted by Crippen LogP contribution is 2.24. The van der Waals surface area contributed by atoms with Crippen LogP contribution in [0.3, 0.4) is 0 Å². The van der Waals surface area contributed by atoms with Crippen LogP contribution in [0, 0.1) is 0 Å². The zero-order valence-corrected chi connectivity index (χ0v) is 10.3. The smallest absolute Gasteiger partial charge is 0.339 e. The zero-order valence-electron chi connectivity index (χ0n) is 9.44. The topological polar surface area (TPSA) is 138 Å². The van der Waals surface area contributed by atoms with Crippen LogP contribution in [0.1, 0.15) is 20.7 Å². The minimum absolute atomic E-state index is 0.407. The number of hydrogen-bond acceptors (Lipinski definition) is 5. The summed E-state index contributed by atoms with van der Waals surface area (Å²) < 4.78 is 34.4. The molecule has 1 aromatic rings. The van der Waals surface area contributed by atoms with Crippen molar-refractivity contribution in [1.29, 1.82) is 0 Å². The van der Waals surface area contributed by atoms with Crippen molar-refractivity contribution in [1.82, 2.24) is 0 Å². The van der Waals surface area contributed by atoms with Crippen molar-refractivity contribution in [2.45, 2.75) is 0 Å². The minimum atomic E-state index is -4.28. The molecule has 8 nitrogen and oxygen atoms in total. The van der Waals surface area contributed by atoms with Crippen LogP contribution in [0.15, 0.2) is 18.2 Å². The molecule has 0 heterocycles. The third-order valence-electron chi connectivity index (χ3n) is 2.06. The van der Waals surface area contributed by atoms with Crippen molar-refractivity contribution in [3.8, 4) is 5.75 Å². The number of benzene rings is 1. The molecule has 9 heteroatoms. The van der Waals surface area contributed by atoms with Crippen LogP contribution in [0.5, 0.6) is 5.75 Å². The summed E-state index contributed by atoms with van der Waals surface area (Å²) in [5.41, 5.74) is -0.814. The summed E-state index contributed by atoms with van der Waals surface area (Å²) in [7, 11) is -4.28. The Bertz CT molecular complexity index is 572. The van der Waals surface area contributed by atoms with Crippen molar-refractivity contribution in [2.75, 3.05) is 12.4 Å². The quantitative estimate of drug-likeness (QED) is 0.638. The maximum atomic E-state index is 10.9. The summed E-state index contributed by atoms with van der Waals surface area (Å²) in [6.07, 6.45) is 0. The predicted octanol–water partition coefficient (Wildman–Crippen LogP) is 0.350. The number of ether oxygens (including phenoxy) is 1. The van der Waals surface area contributed by atoms with E-state index in [9.17, 15) is 18.0 Å². The molecule has 0 aliphatic heterocycles. The second kappa shape index (κ2) is 5.67. The second-order valence-electron chi connectivity index (χ2n) is 3.43. The lowest BCUT2D eigenvalue weighted by atomic mass is 10.1. The van der Waals surface area contributed by atoms with Crippen molar-refractivity contribution in [3.05, 3.63) is 29.3 Å². The first-order chi connectivity index (χ1) is 8.72. The van der Waals surface area contributed by atoms with Crippen LogP contribution in [-0.4, -0.2) is 47.5 Å². The van der Waals surface area contributed by atoms with E-state index in [2.05, 4.69) is 0 Å². The van der Waals surface area contributed by atoms with E-state index in [4.69, 9.17) is 19.5 Å². The van der Waals surface area contributed by atoms with Gasteiger partial charge in [0.2, 0.25) is 0 Å². The number of carbonyl (C=O) groups is 2. The Morgan fingerprint density at radius 2 is 1.58 bits per heavy atom. The van der Waals surface area contributed by atoms with Gasteiger partial charge in [0, 0.05) is 0 Å². The molecule has 0 fully saturated rings. The summed E-state index contributed by atoms with van der Waals surface area (Å²) in [4.78, 5) is 21.8. The van der Waals surface area contributed by atoms with Gasteiger partial charge in [-0.15, -0.1) is 0 Å². The molecule has 0 amide bonds. The van der Waals surface area contributed by atoms with E-state index in [-0.39, 0.29) is 0 Å². The van der Waals surface area contributed by atoms with Gasteiger partial charge in [-0.1, -0.05) is 6.07 Å². The molecule has 0 bridgehead atoms. The van der Waals surface area contributed by atoms with Gasteiger partial charge in [-0.05, 0) is 12.1 Å². The lowest BCUT2D eigenvalue weighted by molar-refractivity contribution is 0.0689. The highest BCUT2D eigenvalue weighted by atomic mass is 32.2. The maximum Gasteiger partial charge on any atom is 0.339 e. The molecule has 0 aliphatic carbocycles. The van der Waals surface area contributed by atoms with Crippen molar-refractivity contribution in [3.63, 3.8) is 0 Å². The van der Waals surface area contributed by atoms with Gasteiger partial charge in [0.1, 0.15) is 29.2 Å². The van der Waals surface area contributed by atoms with Crippen LogP contribution >= 0.6 is 0 Å². The molecule has 104 valence electrons. The summed E-state index contributed by atoms with van der Waals surface area (Å²) in [5, 5.41) is 17.8. The van der Waals surface area contributed by atoms with Gasteiger partial charge in [-0.3, -0.25) is 4.55 Å². The van der Waals surface area contributed by atoms with Crippen LogP contribution < -0.4 is 4.74 Å². The zero-order chi connectivity index (χ0) is 14.6. The molecule has 0 aromatic heterocycles. The standard InChI is InChI=1S/C10H10O8S/c11-9(12)6-2-1-3-7(10(13)14)8(6)18-4-5-19(15,16)17/h1-3H,4-5H2,(H,11,12)(H,13,14)(H,15,16,17). The monoisotopic (exact) mass is 290 g/mol. The van der Waals surface area contributed by atoms with E-state index in [1.807, 2.05) is 0 Å². The average molecular weight is 290 g/mol. The first kappa shape index (κ1) is 14.9. The molecular formula is C10H10O8S. The van der Waals surface area contributed by atoms with Crippen molar-refractivity contribution >= 4 is 22.1 Å². The van der Waals surface area contributed by atoms with Gasteiger partial charge in [-0.2, -0.15) is 8.42 Å². The first-order valence-electron chi connectivity index (χ1n) is 4.90. The average Bonchev–Trinajstić information content (AvgIpc) is 2.26. The Labute approximate surface area is 108 Å². The number of carboxylic acid groups (broad SMARTS) is 2. The molecule has 1 aromatic carbocycles. The summed E-state index contributed by atoms with van der Waals surface area (Å²) in [5.74, 6) is -4.05. The lowest BCUT2D eigenvalue weighted by Crippen LogP contribution is -2.16. The van der Waals surface area contributed by atoms with Gasteiger partial charge in [0.15, 0.2) is 0 Å². The number of carboxylic acids is 2. The summed E-state index contributed by atoms with van der Waals surface area (Å²) in [6.45, 7) is -0.566. The van der Waals surface area contributed by atoms with Crippen molar-refractivity contribution < 1.29 is 37.5 Å². The number of para-hydroxylation sites is 1. The molecule has 0 aliphatic rings. The molecule has 1 rings (SSSR count). The normalized spacial score (nSPS) is 11.0. The first-order valence-corrected chi connectivity index (χ1v) is 6.51. The molecule has 0 atom stereocenters. The molecule has 0 saturated carbocycles. The van der Waals surface area contributed by atoms with Crippen LogP contribution in [-0.2, 0) is 10.1 Å². The number of rotatable bonds is 6. The largest absolute Gasteiger partial charge is 0.491 e. The van der Waals surface area contributed by atoms with Crippen LogP contribution in [0.25, 0.3) is 0 Å². The Kier molecular flexibility index (Phi) is 4.46. The Morgan fingerprint density at radius 1 is 1.11 bits per heavy atom.